The van der Waals surface area contributed by atoms with Gasteiger partial charge in [0, 0.05) is 24.2 Å². The molecule has 13 heteroatoms. The zero-order chi connectivity index (χ0) is 28.4. The smallest absolute Gasteiger partial charge is 0.217 e. The number of hydrogen-bond acceptors (Lipinski definition) is 12. The summed E-state index contributed by atoms with van der Waals surface area (Å²) in [5, 5.41) is 67.1. The number of aliphatic carboxylic acids is 1. The molecule has 0 aromatic heterocycles. The molecule has 0 radical (unpaired) electrons. The van der Waals surface area contributed by atoms with E-state index < -0.39 is 90.8 Å². The molecule has 12 nitrogen and oxygen atoms in total. The summed E-state index contributed by atoms with van der Waals surface area (Å²) in [4.78, 5) is 24.7. The van der Waals surface area contributed by atoms with Crippen LogP contribution >= 0.6 is 11.8 Å². The highest BCUT2D eigenvalue weighted by Crippen LogP contribution is 2.38. The van der Waals surface area contributed by atoms with Crippen molar-refractivity contribution in [1.82, 2.24) is 5.32 Å². The van der Waals surface area contributed by atoms with Crippen molar-refractivity contribution in [2.45, 2.75) is 99.0 Å². The summed E-state index contributed by atoms with van der Waals surface area (Å²) in [5.41, 5.74) is 0.000952. The van der Waals surface area contributed by atoms with Crippen molar-refractivity contribution in [2.24, 2.45) is 5.92 Å². The molecule has 0 spiro atoms. The van der Waals surface area contributed by atoms with Crippen LogP contribution < -0.4 is 10.4 Å². The van der Waals surface area contributed by atoms with Crippen molar-refractivity contribution in [3.05, 3.63) is 29.8 Å². The second-order valence-electron chi connectivity index (χ2n) is 9.98. The number of carboxylic acids is 1. The number of aliphatic hydroxyl groups is 5. The van der Waals surface area contributed by atoms with Gasteiger partial charge in [-0.15, -0.1) is 0 Å². The molecule has 0 saturated carbocycles. The topological polar surface area (TPSA) is 198 Å². The Balaban J connectivity index is 1.79. The molecule has 0 aliphatic carbocycles. The Bertz CT molecular complexity index is 963. The molecule has 1 amide bonds. The van der Waals surface area contributed by atoms with Crippen LogP contribution in [0.15, 0.2) is 29.2 Å². The van der Waals surface area contributed by atoms with Gasteiger partial charge in [0.05, 0.1) is 31.0 Å². The van der Waals surface area contributed by atoms with Gasteiger partial charge in [-0.3, -0.25) is 4.79 Å². The number of nitrogens with one attached hydrogen (secondary N) is 1. The normalized spacial score (nSPS) is 37.3. The number of carboxylic acid groups (broad SMARTS) is 1. The second-order valence-corrected chi connectivity index (χ2v) is 11.1. The fourth-order valence-corrected chi connectivity index (χ4v) is 5.63. The summed E-state index contributed by atoms with van der Waals surface area (Å²) in [5.74, 6) is -5.56. The van der Waals surface area contributed by atoms with Crippen LogP contribution in [0.4, 0.5) is 0 Å². The average molecular weight is 559 g/mol. The molecule has 1 aromatic rings. The first-order chi connectivity index (χ1) is 17.8. The number of aliphatic hydroxyl groups excluding tert-OH is 5. The van der Waals surface area contributed by atoms with Gasteiger partial charge in [0.15, 0.2) is 0 Å². The van der Waals surface area contributed by atoms with Crippen LogP contribution in [-0.2, 0) is 23.8 Å². The lowest BCUT2D eigenvalue weighted by molar-refractivity contribution is -0.385. The summed E-state index contributed by atoms with van der Waals surface area (Å²) in [6.07, 6.45) is -10.2. The molecule has 0 bridgehead atoms. The van der Waals surface area contributed by atoms with Crippen LogP contribution in [0.5, 0.6) is 0 Å². The Morgan fingerprint density at radius 3 is 2.37 bits per heavy atom. The third-order valence-electron chi connectivity index (χ3n) is 6.91. The largest absolute Gasteiger partial charge is 0.544 e. The van der Waals surface area contributed by atoms with E-state index in [4.69, 9.17) is 14.2 Å². The van der Waals surface area contributed by atoms with E-state index in [0.29, 0.717) is 0 Å². The third-order valence-corrected chi connectivity index (χ3v) is 8.07. The maximum absolute atomic E-state index is 12.3. The molecule has 214 valence electrons. The molecule has 2 aliphatic heterocycles. The average Bonchev–Trinajstić information content (AvgIpc) is 2.85. The molecule has 11 atom stereocenters. The highest BCUT2D eigenvalue weighted by Gasteiger charge is 2.52. The van der Waals surface area contributed by atoms with Gasteiger partial charge in [-0.25, -0.2) is 0 Å². The fraction of sp³-hybridized carbons (Fsp3) is 0.680. The zero-order valence-corrected chi connectivity index (χ0v) is 22.4. The summed E-state index contributed by atoms with van der Waals surface area (Å²) in [6, 6.07) is 6.24. The van der Waals surface area contributed by atoms with E-state index in [1.165, 1.54) is 13.8 Å². The molecular weight excluding hydrogens is 522 g/mol. The van der Waals surface area contributed by atoms with Gasteiger partial charge in [-0.2, -0.15) is 0 Å². The summed E-state index contributed by atoms with van der Waals surface area (Å²) in [6.45, 7) is 5.47. The van der Waals surface area contributed by atoms with Crippen LogP contribution in [-0.4, -0.2) is 104 Å². The van der Waals surface area contributed by atoms with Crippen LogP contribution in [0.25, 0.3) is 0 Å². The van der Waals surface area contributed by atoms with Crippen LogP contribution in [0.1, 0.15) is 32.8 Å². The van der Waals surface area contributed by atoms with E-state index in [0.717, 1.165) is 22.2 Å². The highest BCUT2D eigenvalue weighted by atomic mass is 32.2. The fourth-order valence-electron chi connectivity index (χ4n) is 4.57. The molecule has 2 saturated heterocycles. The van der Waals surface area contributed by atoms with E-state index in [1.807, 2.05) is 19.1 Å². The van der Waals surface area contributed by atoms with E-state index in [1.54, 1.807) is 19.1 Å². The minimum Gasteiger partial charge on any atom is -0.544 e. The lowest BCUT2D eigenvalue weighted by Gasteiger charge is -2.49. The van der Waals surface area contributed by atoms with Crippen molar-refractivity contribution in [1.29, 1.82) is 0 Å². The standard InChI is InChI=1S/C25H37NO11S/c1-11-5-7-15(8-6-11)38-23-21(32)20(31)19(30)17(36-23)10-35-25(24(33)34)9-16(29)12(2)22(37-25)18(13(3)27)26-14(4)28/h5-8,12-13,16-23,27,29-32H,9-10H2,1-4H3,(H,26,28)(H,33,34)/p-1/t12-,13-,16-,17?,18-,19+,20+,21?,22?,23+,25-/m1/s1. The highest BCUT2D eigenvalue weighted by molar-refractivity contribution is 7.99. The monoisotopic (exact) mass is 558 g/mol. The Morgan fingerprint density at radius 1 is 1.18 bits per heavy atom. The second kappa shape index (κ2) is 12.6. The minimum atomic E-state index is -2.52. The zero-order valence-electron chi connectivity index (χ0n) is 21.6. The maximum Gasteiger partial charge on any atom is 0.217 e. The number of benzene rings is 1. The third kappa shape index (κ3) is 6.84. The Kier molecular flexibility index (Phi) is 10.2. The van der Waals surface area contributed by atoms with Gasteiger partial charge in [-0.05, 0) is 26.0 Å². The first kappa shape index (κ1) is 30.7. The van der Waals surface area contributed by atoms with Crippen LogP contribution in [0.2, 0.25) is 0 Å². The summed E-state index contributed by atoms with van der Waals surface area (Å²) in [7, 11) is 0. The SMILES string of the molecule is CC(=O)N[C@@H](C1O[C@@](OCC2O[C@@H](Sc3ccc(C)cc3)C(O)[C@@H](O)[C@H]2O)(C(=O)[O-])C[C@@H](O)[C@H]1C)[C@@H](C)O. The van der Waals surface area contributed by atoms with E-state index in [-0.39, 0.29) is 0 Å². The minimum absolute atomic E-state index is 0.505. The lowest BCUT2D eigenvalue weighted by Crippen LogP contribution is -2.67. The van der Waals surface area contributed by atoms with E-state index in [9.17, 15) is 40.2 Å². The van der Waals surface area contributed by atoms with Gasteiger partial charge < -0.3 is 55.0 Å². The number of carbonyl (C=O) groups is 2. The van der Waals surface area contributed by atoms with Gasteiger partial charge in [-0.1, -0.05) is 36.4 Å². The molecular formula is C25H36NO11S-. The van der Waals surface area contributed by atoms with Crippen molar-refractivity contribution in [3.8, 4) is 0 Å². The Morgan fingerprint density at radius 2 is 1.82 bits per heavy atom. The van der Waals surface area contributed by atoms with Crippen molar-refractivity contribution < 1.29 is 54.4 Å². The molecule has 2 fully saturated rings. The van der Waals surface area contributed by atoms with Crippen molar-refractivity contribution >= 4 is 23.6 Å². The van der Waals surface area contributed by atoms with Gasteiger partial charge in [0.1, 0.15) is 35.8 Å². The molecule has 6 N–H and O–H groups in total. The van der Waals surface area contributed by atoms with Gasteiger partial charge in [0.2, 0.25) is 11.7 Å². The van der Waals surface area contributed by atoms with Crippen LogP contribution in [0, 0.1) is 12.8 Å². The number of aryl methyl sites for hydroxylation is 1. The predicted octanol–water partition coefficient (Wildman–Crippen LogP) is -1.97. The molecule has 3 rings (SSSR count). The summed E-state index contributed by atoms with van der Waals surface area (Å²) < 4.78 is 17.2. The molecule has 3 unspecified atom stereocenters. The first-order valence-corrected chi connectivity index (χ1v) is 13.2. The van der Waals surface area contributed by atoms with Gasteiger partial charge in [0.25, 0.3) is 0 Å². The molecule has 2 heterocycles. The lowest BCUT2D eigenvalue weighted by atomic mass is 9.83. The van der Waals surface area contributed by atoms with E-state index in [2.05, 4.69) is 5.32 Å². The number of hydrogen-bond donors (Lipinski definition) is 6. The summed E-state index contributed by atoms with van der Waals surface area (Å²) >= 11 is 1.10. The first-order valence-electron chi connectivity index (χ1n) is 12.3. The Labute approximate surface area is 224 Å². The molecule has 2 aliphatic rings. The number of amides is 1. The quantitative estimate of drug-likeness (QED) is 0.196. The number of rotatable bonds is 9. The maximum atomic E-state index is 12.3. The van der Waals surface area contributed by atoms with Crippen LogP contribution in [0.3, 0.4) is 0 Å². The molecule has 1 aromatic carbocycles. The van der Waals surface area contributed by atoms with Crippen molar-refractivity contribution in [2.75, 3.05) is 6.61 Å². The predicted molar refractivity (Wildman–Crippen MR) is 131 cm³/mol. The number of ether oxygens (including phenoxy) is 3. The molecule has 38 heavy (non-hydrogen) atoms. The van der Waals surface area contributed by atoms with E-state index >= 15 is 0 Å². The Hall–Kier alpha value is -1.81. The number of thioether (sulfide) groups is 1. The van der Waals surface area contributed by atoms with Crippen molar-refractivity contribution in [3.63, 3.8) is 0 Å². The van der Waals surface area contributed by atoms with Gasteiger partial charge >= 0.3 is 0 Å². The number of carbonyl (C=O) groups excluding carboxylic acids is 2.